The van der Waals surface area contributed by atoms with Crippen molar-refractivity contribution in [2.24, 2.45) is 16.1 Å². The molecule has 86 valence electrons. The zero-order valence-corrected chi connectivity index (χ0v) is 10.8. The van der Waals surface area contributed by atoms with E-state index in [1.807, 2.05) is 46.2 Å². The van der Waals surface area contributed by atoms with Gasteiger partial charge >= 0.3 is 0 Å². The molecule has 0 aromatic heterocycles. The lowest BCUT2D eigenvalue weighted by Crippen LogP contribution is -2.29. The Morgan fingerprint density at radius 2 is 1.60 bits per heavy atom. The molecule has 0 fully saturated rings. The third kappa shape index (κ3) is 9.42. The molecule has 0 saturated carbocycles. The van der Waals surface area contributed by atoms with Gasteiger partial charge in [0.2, 0.25) is 0 Å². The van der Waals surface area contributed by atoms with Crippen LogP contribution in [0, 0.1) is 5.41 Å². The molecule has 0 unspecified atom stereocenters. The van der Waals surface area contributed by atoms with E-state index < -0.39 is 0 Å². The first kappa shape index (κ1) is 14.1. The van der Waals surface area contributed by atoms with Gasteiger partial charge in [0.05, 0.1) is 0 Å². The summed E-state index contributed by atoms with van der Waals surface area (Å²) < 4.78 is 0. The maximum absolute atomic E-state index is 5.88. The number of allylic oxidation sites excluding steroid dienone is 2. The van der Waals surface area contributed by atoms with Gasteiger partial charge in [-0.05, 0) is 27.7 Å². The standard InChI is InChI=1S/C13H24N2/c1-11(2)9-15-10-12(3,4)7-8-13(5,6)14/h7-10H,14H2,1-6H3/b8-7-,15-10?. The van der Waals surface area contributed by atoms with Crippen LogP contribution in [0.15, 0.2) is 28.9 Å². The maximum atomic E-state index is 5.88. The molecule has 0 saturated heterocycles. The molecule has 2 nitrogen and oxygen atoms in total. The van der Waals surface area contributed by atoms with E-state index in [1.165, 1.54) is 5.57 Å². The van der Waals surface area contributed by atoms with Crippen LogP contribution in [0.2, 0.25) is 0 Å². The van der Waals surface area contributed by atoms with Crippen molar-refractivity contribution in [2.75, 3.05) is 0 Å². The molecular formula is C13H24N2. The lowest BCUT2D eigenvalue weighted by Gasteiger charge is -2.18. The number of hydrogen-bond donors (Lipinski definition) is 1. The fourth-order valence-electron chi connectivity index (χ4n) is 0.851. The molecule has 0 bridgehead atoms. The van der Waals surface area contributed by atoms with Gasteiger partial charge in [-0.3, -0.25) is 4.99 Å². The van der Waals surface area contributed by atoms with Crippen molar-refractivity contribution in [1.82, 2.24) is 0 Å². The summed E-state index contributed by atoms with van der Waals surface area (Å²) in [6.45, 7) is 12.2. The highest BCUT2D eigenvalue weighted by molar-refractivity contribution is 5.68. The number of nitrogens with zero attached hydrogens (tertiary/aromatic N) is 1. The SMILES string of the molecule is CC(C)=CN=CC(C)(C)/C=C\C(C)(C)N. The average Bonchev–Trinajstić information content (AvgIpc) is 1.99. The smallest absolute Gasteiger partial charge is 0.0281 e. The van der Waals surface area contributed by atoms with Crippen molar-refractivity contribution >= 4 is 6.21 Å². The van der Waals surface area contributed by atoms with Gasteiger partial charge in [-0.2, -0.15) is 0 Å². The quantitative estimate of drug-likeness (QED) is 0.558. The zero-order chi connectivity index (χ0) is 12.1. The molecule has 2 N–H and O–H groups in total. The molecule has 0 heterocycles. The Kier molecular flexibility index (Phi) is 4.95. The second-order valence-electron chi connectivity index (χ2n) is 5.46. The largest absolute Gasteiger partial charge is 0.322 e. The minimum Gasteiger partial charge on any atom is -0.322 e. The molecule has 2 heteroatoms. The first-order chi connectivity index (χ1) is 6.62. The maximum Gasteiger partial charge on any atom is 0.0281 e. The molecule has 0 aliphatic rings. The van der Waals surface area contributed by atoms with Gasteiger partial charge in [0, 0.05) is 23.4 Å². The molecule has 0 atom stereocenters. The van der Waals surface area contributed by atoms with E-state index in [1.54, 1.807) is 0 Å². The minimum atomic E-state index is -0.262. The van der Waals surface area contributed by atoms with E-state index in [0.29, 0.717) is 0 Å². The Balaban J connectivity index is 4.50. The Hall–Kier alpha value is -0.890. The third-order valence-corrected chi connectivity index (χ3v) is 1.68. The van der Waals surface area contributed by atoms with Crippen LogP contribution in [-0.4, -0.2) is 11.8 Å². The van der Waals surface area contributed by atoms with Gasteiger partial charge in [-0.25, -0.2) is 0 Å². The summed E-state index contributed by atoms with van der Waals surface area (Å²) in [5.74, 6) is 0. The molecule has 0 spiro atoms. The van der Waals surface area contributed by atoms with Gasteiger partial charge in [0.15, 0.2) is 0 Å². The molecular weight excluding hydrogens is 184 g/mol. The number of nitrogens with two attached hydrogens (primary N) is 1. The summed E-state index contributed by atoms with van der Waals surface area (Å²) in [4.78, 5) is 4.26. The summed E-state index contributed by atoms with van der Waals surface area (Å²) in [6, 6.07) is 0. The van der Waals surface area contributed by atoms with Gasteiger partial charge in [0.25, 0.3) is 0 Å². The number of aliphatic imine (C=N–C) groups is 1. The molecule has 0 amide bonds. The topological polar surface area (TPSA) is 38.4 Å². The van der Waals surface area contributed by atoms with E-state index in [2.05, 4.69) is 24.9 Å². The Bertz CT molecular complexity index is 271. The predicted octanol–water partition coefficient (Wildman–Crippen LogP) is 3.30. The summed E-state index contributed by atoms with van der Waals surface area (Å²) in [7, 11) is 0. The first-order valence-electron chi connectivity index (χ1n) is 5.29. The number of rotatable bonds is 4. The molecule has 0 rings (SSSR count). The van der Waals surface area contributed by atoms with Gasteiger partial charge < -0.3 is 5.73 Å². The second kappa shape index (κ2) is 5.26. The third-order valence-electron chi connectivity index (χ3n) is 1.68. The summed E-state index contributed by atoms with van der Waals surface area (Å²) in [5, 5.41) is 0. The van der Waals surface area contributed by atoms with Crippen molar-refractivity contribution in [2.45, 2.75) is 47.1 Å². The van der Waals surface area contributed by atoms with Crippen LogP contribution in [0.25, 0.3) is 0 Å². The summed E-state index contributed by atoms with van der Waals surface area (Å²) in [6.07, 6.45) is 7.91. The average molecular weight is 208 g/mol. The normalized spacial score (nSPS) is 13.8. The van der Waals surface area contributed by atoms with Gasteiger partial charge in [-0.15, -0.1) is 0 Å². The van der Waals surface area contributed by atoms with Crippen LogP contribution < -0.4 is 5.73 Å². The zero-order valence-electron chi connectivity index (χ0n) is 10.8. The molecule has 15 heavy (non-hydrogen) atoms. The molecule has 0 aliphatic carbocycles. The van der Waals surface area contributed by atoms with Crippen molar-refractivity contribution in [1.29, 1.82) is 0 Å². The lowest BCUT2D eigenvalue weighted by atomic mass is 9.92. The highest BCUT2D eigenvalue weighted by atomic mass is 14.7. The van der Waals surface area contributed by atoms with Crippen LogP contribution in [0.4, 0.5) is 0 Å². The van der Waals surface area contributed by atoms with Crippen LogP contribution in [0.5, 0.6) is 0 Å². The highest BCUT2D eigenvalue weighted by Gasteiger charge is 2.12. The van der Waals surface area contributed by atoms with E-state index in [0.717, 1.165) is 0 Å². The predicted molar refractivity (Wildman–Crippen MR) is 69.1 cm³/mol. The number of hydrogen-bond acceptors (Lipinski definition) is 2. The molecule has 0 aromatic carbocycles. The van der Waals surface area contributed by atoms with Gasteiger partial charge in [0.1, 0.15) is 0 Å². The van der Waals surface area contributed by atoms with E-state index in [-0.39, 0.29) is 11.0 Å². The van der Waals surface area contributed by atoms with Gasteiger partial charge in [-0.1, -0.05) is 31.6 Å². The van der Waals surface area contributed by atoms with E-state index in [4.69, 9.17) is 5.73 Å². The Morgan fingerprint density at radius 3 is 2.00 bits per heavy atom. The fourth-order valence-corrected chi connectivity index (χ4v) is 0.851. The van der Waals surface area contributed by atoms with Crippen LogP contribution in [0.3, 0.4) is 0 Å². The molecule has 0 aromatic rings. The Morgan fingerprint density at radius 1 is 1.07 bits per heavy atom. The van der Waals surface area contributed by atoms with Crippen LogP contribution >= 0.6 is 0 Å². The highest BCUT2D eigenvalue weighted by Crippen LogP contribution is 2.16. The molecule has 0 aliphatic heterocycles. The van der Waals surface area contributed by atoms with Crippen molar-refractivity contribution < 1.29 is 0 Å². The van der Waals surface area contributed by atoms with E-state index in [9.17, 15) is 0 Å². The second-order valence-corrected chi connectivity index (χ2v) is 5.46. The van der Waals surface area contributed by atoms with Crippen molar-refractivity contribution in [3.63, 3.8) is 0 Å². The van der Waals surface area contributed by atoms with E-state index >= 15 is 0 Å². The Labute approximate surface area is 94.0 Å². The monoisotopic (exact) mass is 208 g/mol. The molecule has 0 radical (unpaired) electrons. The van der Waals surface area contributed by atoms with Crippen molar-refractivity contribution in [3.8, 4) is 0 Å². The summed E-state index contributed by atoms with van der Waals surface area (Å²) in [5.41, 5.74) is 6.76. The van der Waals surface area contributed by atoms with Crippen LogP contribution in [-0.2, 0) is 0 Å². The van der Waals surface area contributed by atoms with Crippen molar-refractivity contribution in [3.05, 3.63) is 23.9 Å². The first-order valence-corrected chi connectivity index (χ1v) is 5.29. The summed E-state index contributed by atoms with van der Waals surface area (Å²) >= 11 is 0. The fraction of sp³-hybridized carbons (Fsp3) is 0.615. The lowest BCUT2D eigenvalue weighted by molar-refractivity contribution is 0.625. The minimum absolute atomic E-state index is 0.0530. The van der Waals surface area contributed by atoms with Crippen LogP contribution in [0.1, 0.15) is 41.5 Å².